The third-order valence-electron chi connectivity index (χ3n) is 3.57. The molecule has 6 nitrogen and oxygen atoms in total. The minimum absolute atomic E-state index is 0.107. The number of amides is 1. The zero-order chi connectivity index (χ0) is 18.5. The number of hydrogen-bond acceptors (Lipinski definition) is 6. The van der Waals surface area contributed by atoms with Crippen LogP contribution in [-0.2, 0) is 25.7 Å². The van der Waals surface area contributed by atoms with Gasteiger partial charge in [-0.05, 0) is 23.5 Å². The molecule has 1 rings (SSSR count). The van der Waals surface area contributed by atoms with Gasteiger partial charge >= 0.3 is 5.97 Å². The molecule has 25 heavy (non-hydrogen) atoms. The molecule has 1 aromatic carbocycles. The Balaban J connectivity index is 2.25. The highest BCUT2D eigenvalue weighted by molar-refractivity contribution is 7.99. The van der Waals surface area contributed by atoms with E-state index in [4.69, 9.17) is 15.2 Å². The van der Waals surface area contributed by atoms with Crippen LogP contribution in [0, 0.1) is 0 Å². The van der Waals surface area contributed by atoms with Crippen molar-refractivity contribution in [2.75, 3.05) is 25.2 Å². The molecule has 0 radical (unpaired) electrons. The van der Waals surface area contributed by atoms with Crippen LogP contribution in [-0.4, -0.2) is 49.2 Å². The number of carbonyl (C=O) groups is 2. The number of carbonyl (C=O) groups excluding carboxylic acids is 2. The Bertz CT molecular complexity index is 513. The first-order valence-electron chi connectivity index (χ1n) is 8.41. The number of ether oxygens (including phenoxy) is 2. The van der Waals surface area contributed by atoms with Gasteiger partial charge in [-0.2, -0.15) is 11.8 Å². The second-order valence-corrected chi connectivity index (χ2v) is 6.89. The number of methoxy groups -OCH3 is 1. The van der Waals surface area contributed by atoms with E-state index in [2.05, 4.69) is 12.2 Å². The smallest absolute Gasteiger partial charge is 0.307 e. The van der Waals surface area contributed by atoms with E-state index in [1.807, 2.05) is 30.3 Å². The van der Waals surface area contributed by atoms with E-state index in [1.54, 1.807) is 11.8 Å². The molecule has 0 aromatic heterocycles. The minimum atomic E-state index is -0.710. The van der Waals surface area contributed by atoms with Gasteiger partial charge in [0.15, 0.2) is 6.10 Å². The highest BCUT2D eigenvalue weighted by atomic mass is 32.2. The molecule has 1 unspecified atom stereocenters. The van der Waals surface area contributed by atoms with E-state index in [-0.39, 0.29) is 37.5 Å². The average molecular weight is 368 g/mol. The van der Waals surface area contributed by atoms with Gasteiger partial charge in [-0.3, -0.25) is 9.59 Å². The van der Waals surface area contributed by atoms with Gasteiger partial charge in [0.1, 0.15) is 6.61 Å². The third-order valence-corrected chi connectivity index (χ3v) is 4.50. The lowest BCUT2D eigenvalue weighted by Crippen LogP contribution is -2.48. The van der Waals surface area contributed by atoms with E-state index in [0.29, 0.717) is 6.42 Å². The maximum atomic E-state index is 12.1. The van der Waals surface area contributed by atoms with Crippen molar-refractivity contribution in [3.63, 3.8) is 0 Å². The predicted octanol–water partition coefficient (Wildman–Crippen LogP) is 1.72. The minimum Gasteiger partial charge on any atom is -0.461 e. The number of hydrogen-bond donors (Lipinski definition) is 2. The number of nitrogens with one attached hydrogen (secondary N) is 1. The van der Waals surface area contributed by atoms with Crippen molar-refractivity contribution >= 4 is 23.6 Å². The van der Waals surface area contributed by atoms with E-state index in [9.17, 15) is 9.59 Å². The summed E-state index contributed by atoms with van der Waals surface area (Å²) in [6, 6.07) is 9.08. The number of thioether (sulfide) groups is 1. The van der Waals surface area contributed by atoms with Gasteiger partial charge in [0.2, 0.25) is 0 Å². The summed E-state index contributed by atoms with van der Waals surface area (Å²) in [6.07, 6.45) is 0.0947. The van der Waals surface area contributed by atoms with Crippen molar-refractivity contribution in [2.24, 2.45) is 5.73 Å². The maximum absolute atomic E-state index is 12.1. The Morgan fingerprint density at radius 1 is 1.28 bits per heavy atom. The Labute approximate surface area is 153 Å². The molecule has 0 saturated heterocycles. The zero-order valence-electron chi connectivity index (χ0n) is 14.9. The molecule has 2 atom stereocenters. The highest BCUT2D eigenvalue weighted by Gasteiger charge is 2.24. The van der Waals surface area contributed by atoms with Crippen LogP contribution in [0.2, 0.25) is 0 Å². The third kappa shape index (κ3) is 8.90. The van der Waals surface area contributed by atoms with Gasteiger partial charge in [0, 0.05) is 19.7 Å². The van der Waals surface area contributed by atoms with Crippen LogP contribution in [0.5, 0.6) is 0 Å². The molecule has 3 N–H and O–H groups in total. The summed E-state index contributed by atoms with van der Waals surface area (Å²) in [5.74, 6) is 1.24. The summed E-state index contributed by atoms with van der Waals surface area (Å²) in [7, 11) is 1.46. The van der Waals surface area contributed by atoms with Gasteiger partial charge in [-0.1, -0.05) is 37.3 Å². The van der Waals surface area contributed by atoms with Crippen LogP contribution in [0.4, 0.5) is 0 Å². The van der Waals surface area contributed by atoms with E-state index in [1.165, 1.54) is 7.11 Å². The van der Waals surface area contributed by atoms with Crippen LogP contribution in [0.25, 0.3) is 0 Å². The lowest BCUT2D eigenvalue weighted by atomic mass is 10.1. The van der Waals surface area contributed by atoms with Gasteiger partial charge in [0.05, 0.1) is 6.42 Å². The molecule has 1 amide bonds. The topological polar surface area (TPSA) is 90.6 Å². The number of esters is 1. The van der Waals surface area contributed by atoms with E-state index in [0.717, 1.165) is 17.1 Å². The van der Waals surface area contributed by atoms with Crippen LogP contribution in [0.3, 0.4) is 0 Å². The Hall–Kier alpha value is -1.57. The fraction of sp³-hybridized carbons (Fsp3) is 0.556. The first-order valence-corrected chi connectivity index (χ1v) is 9.57. The van der Waals surface area contributed by atoms with Crippen molar-refractivity contribution in [1.82, 2.24) is 5.32 Å². The van der Waals surface area contributed by atoms with Gasteiger partial charge in [-0.25, -0.2) is 0 Å². The van der Waals surface area contributed by atoms with Gasteiger partial charge in [-0.15, -0.1) is 0 Å². The molecule has 1 aromatic rings. The molecule has 0 aliphatic carbocycles. The molecule has 7 heteroatoms. The quantitative estimate of drug-likeness (QED) is 0.431. The second-order valence-electron chi connectivity index (χ2n) is 5.49. The average Bonchev–Trinajstić information content (AvgIpc) is 2.61. The first kappa shape index (κ1) is 21.5. The highest BCUT2D eigenvalue weighted by Crippen LogP contribution is 2.08. The predicted molar refractivity (Wildman–Crippen MR) is 100 cm³/mol. The Morgan fingerprint density at radius 2 is 2.00 bits per heavy atom. The van der Waals surface area contributed by atoms with Crippen LogP contribution < -0.4 is 11.1 Å². The van der Waals surface area contributed by atoms with Crippen molar-refractivity contribution in [2.45, 2.75) is 38.5 Å². The lowest BCUT2D eigenvalue weighted by molar-refractivity contribution is -0.145. The Kier molecular flexibility index (Phi) is 10.9. The fourth-order valence-electron chi connectivity index (χ4n) is 2.19. The van der Waals surface area contributed by atoms with Crippen molar-refractivity contribution in [3.05, 3.63) is 35.9 Å². The molecule has 0 aliphatic heterocycles. The van der Waals surface area contributed by atoms with Gasteiger partial charge in [0.25, 0.3) is 5.91 Å². The first-order chi connectivity index (χ1) is 12.1. The van der Waals surface area contributed by atoms with Crippen LogP contribution in [0.15, 0.2) is 30.3 Å². The summed E-state index contributed by atoms with van der Waals surface area (Å²) in [5, 5.41) is 2.68. The second kappa shape index (κ2) is 12.7. The molecule has 0 aliphatic rings. The van der Waals surface area contributed by atoms with Crippen molar-refractivity contribution in [3.8, 4) is 0 Å². The standard InChI is InChI=1S/C18H28N2O4S/c1-3-25-12-10-15(19)17(23-2)18(22)20-11-9-16(21)24-13-14-7-5-4-6-8-14/h4-8,15,17H,3,9-13,19H2,1-2H3,(H,20,22)/t15-,17?/m1/s1. The maximum Gasteiger partial charge on any atom is 0.307 e. The van der Waals surface area contributed by atoms with Crippen molar-refractivity contribution in [1.29, 1.82) is 0 Å². The molecular weight excluding hydrogens is 340 g/mol. The van der Waals surface area contributed by atoms with E-state index >= 15 is 0 Å². The molecule has 140 valence electrons. The summed E-state index contributed by atoms with van der Waals surface area (Å²) in [6.45, 7) is 2.50. The largest absolute Gasteiger partial charge is 0.461 e. The summed E-state index contributed by atoms with van der Waals surface area (Å²) >= 11 is 1.77. The van der Waals surface area contributed by atoms with Crippen LogP contribution >= 0.6 is 11.8 Å². The summed E-state index contributed by atoms with van der Waals surface area (Å²) in [5.41, 5.74) is 6.95. The molecule has 0 fully saturated rings. The fourth-order valence-corrected chi connectivity index (χ4v) is 2.92. The Morgan fingerprint density at radius 3 is 2.64 bits per heavy atom. The number of nitrogens with two attached hydrogens (primary N) is 1. The summed E-state index contributed by atoms with van der Waals surface area (Å²) < 4.78 is 10.4. The normalized spacial score (nSPS) is 13.1. The SMILES string of the molecule is CCSCC[C@@H](N)C(OC)C(=O)NCCC(=O)OCc1ccccc1. The molecule has 0 bridgehead atoms. The number of rotatable bonds is 12. The van der Waals surface area contributed by atoms with Crippen molar-refractivity contribution < 1.29 is 19.1 Å². The van der Waals surface area contributed by atoms with Gasteiger partial charge < -0.3 is 20.5 Å². The lowest BCUT2D eigenvalue weighted by Gasteiger charge is -2.21. The monoisotopic (exact) mass is 368 g/mol. The molecule has 0 heterocycles. The number of benzene rings is 1. The summed E-state index contributed by atoms with van der Waals surface area (Å²) in [4.78, 5) is 23.8. The molecule has 0 spiro atoms. The molecular formula is C18H28N2O4S. The van der Waals surface area contributed by atoms with Crippen LogP contribution in [0.1, 0.15) is 25.3 Å². The zero-order valence-corrected chi connectivity index (χ0v) is 15.7. The molecule has 0 saturated carbocycles. The van der Waals surface area contributed by atoms with E-state index < -0.39 is 6.10 Å².